The van der Waals surface area contributed by atoms with Gasteiger partial charge in [0.05, 0.1) is 10.4 Å². The van der Waals surface area contributed by atoms with E-state index in [1.807, 2.05) is 0 Å². The molecule has 2 fully saturated rings. The van der Waals surface area contributed by atoms with Crippen LogP contribution in [0.1, 0.15) is 51.9 Å². The van der Waals surface area contributed by atoms with Gasteiger partial charge in [-0.1, -0.05) is 38.4 Å². The van der Waals surface area contributed by atoms with Gasteiger partial charge in [0, 0.05) is 6.54 Å². The fourth-order valence-corrected chi connectivity index (χ4v) is 3.29. The molecule has 0 bridgehead atoms. The van der Waals surface area contributed by atoms with E-state index < -0.39 is 5.41 Å². The third-order valence-electron chi connectivity index (χ3n) is 4.62. The number of hydrogen-bond donors (Lipinski definition) is 2. The van der Waals surface area contributed by atoms with Crippen molar-refractivity contribution in [1.29, 1.82) is 0 Å². The molecule has 2 rings (SSSR count). The number of nitrogens with two attached hydrogens (primary N) is 1. The van der Waals surface area contributed by atoms with Gasteiger partial charge in [-0.05, 0) is 37.5 Å². The van der Waals surface area contributed by atoms with Crippen molar-refractivity contribution < 1.29 is 4.79 Å². The third-order valence-corrected chi connectivity index (χ3v) is 5.02. The highest BCUT2D eigenvalue weighted by Gasteiger charge is 2.42. The van der Waals surface area contributed by atoms with Crippen molar-refractivity contribution in [2.45, 2.75) is 51.9 Å². The Labute approximate surface area is 115 Å². The predicted molar refractivity (Wildman–Crippen MR) is 77.2 cm³/mol. The summed E-state index contributed by atoms with van der Waals surface area (Å²) in [6.45, 7) is 2.99. The summed E-state index contributed by atoms with van der Waals surface area (Å²) in [4.78, 5) is 12.8. The molecule has 1 atom stereocenters. The van der Waals surface area contributed by atoms with Gasteiger partial charge >= 0.3 is 0 Å². The molecule has 0 spiro atoms. The van der Waals surface area contributed by atoms with Gasteiger partial charge in [0.15, 0.2) is 0 Å². The Morgan fingerprint density at radius 2 is 2.00 bits per heavy atom. The summed E-state index contributed by atoms with van der Waals surface area (Å²) in [6, 6.07) is 0. The molecule has 2 aliphatic carbocycles. The van der Waals surface area contributed by atoms with E-state index in [0.717, 1.165) is 38.1 Å². The molecule has 2 saturated carbocycles. The van der Waals surface area contributed by atoms with Crippen LogP contribution in [0.2, 0.25) is 0 Å². The molecular weight excluding hydrogens is 244 g/mol. The smallest absolute Gasteiger partial charge is 0.233 e. The Morgan fingerprint density at radius 1 is 1.39 bits per heavy atom. The van der Waals surface area contributed by atoms with E-state index in [2.05, 4.69) is 12.2 Å². The van der Waals surface area contributed by atoms with Gasteiger partial charge in [-0.25, -0.2) is 0 Å². The number of amides is 1. The number of thiocarbonyl (C=S) groups is 1. The third kappa shape index (κ3) is 2.85. The average Bonchev–Trinajstić information content (AvgIpc) is 3.20. The lowest BCUT2D eigenvalue weighted by atomic mass is 9.73. The van der Waals surface area contributed by atoms with Crippen LogP contribution in [0.4, 0.5) is 0 Å². The van der Waals surface area contributed by atoms with Crippen LogP contribution in [-0.2, 0) is 4.79 Å². The average molecular weight is 268 g/mol. The molecule has 1 amide bonds. The highest BCUT2D eigenvalue weighted by atomic mass is 32.1. The molecule has 2 aliphatic rings. The zero-order valence-electron chi connectivity index (χ0n) is 11.2. The molecule has 4 heteroatoms. The quantitative estimate of drug-likeness (QED) is 0.753. The summed E-state index contributed by atoms with van der Waals surface area (Å²) in [5, 5.41) is 3.09. The molecule has 0 radical (unpaired) electrons. The largest absolute Gasteiger partial charge is 0.392 e. The maximum atomic E-state index is 12.4. The van der Waals surface area contributed by atoms with Gasteiger partial charge in [-0.2, -0.15) is 0 Å². The van der Waals surface area contributed by atoms with Crippen molar-refractivity contribution in [3.63, 3.8) is 0 Å². The van der Waals surface area contributed by atoms with Crippen molar-refractivity contribution in [1.82, 2.24) is 5.32 Å². The van der Waals surface area contributed by atoms with E-state index in [4.69, 9.17) is 18.0 Å². The van der Waals surface area contributed by atoms with Gasteiger partial charge in [-0.15, -0.1) is 0 Å². The first kappa shape index (κ1) is 13.8. The standard InChI is InChI=1S/C14H24N2OS/c1-10(11-5-6-11)9-16-13(17)14(12(15)18)7-3-2-4-8-14/h10-11H,2-9H2,1H3,(H2,15,18)(H,16,17). The topological polar surface area (TPSA) is 55.1 Å². The lowest BCUT2D eigenvalue weighted by Crippen LogP contribution is -2.50. The van der Waals surface area contributed by atoms with Crippen LogP contribution in [0.3, 0.4) is 0 Å². The Kier molecular flexibility index (Phi) is 4.25. The Bertz CT molecular complexity index is 333. The molecular formula is C14H24N2OS. The molecule has 102 valence electrons. The first-order chi connectivity index (χ1) is 8.56. The van der Waals surface area contributed by atoms with Crippen molar-refractivity contribution >= 4 is 23.1 Å². The molecule has 18 heavy (non-hydrogen) atoms. The minimum atomic E-state index is -0.559. The molecule has 0 aromatic heterocycles. The number of carbonyl (C=O) groups is 1. The van der Waals surface area contributed by atoms with E-state index in [1.165, 1.54) is 19.3 Å². The van der Waals surface area contributed by atoms with E-state index in [0.29, 0.717) is 10.9 Å². The summed E-state index contributed by atoms with van der Waals surface area (Å²) < 4.78 is 0. The lowest BCUT2D eigenvalue weighted by molar-refractivity contribution is -0.129. The second-order valence-electron chi connectivity index (χ2n) is 6.03. The minimum Gasteiger partial charge on any atom is -0.392 e. The van der Waals surface area contributed by atoms with Gasteiger partial charge in [-0.3, -0.25) is 4.79 Å². The monoisotopic (exact) mass is 268 g/mol. The fourth-order valence-electron chi connectivity index (χ4n) is 3.00. The van der Waals surface area contributed by atoms with Crippen LogP contribution in [0.25, 0.3) is 0 Å². The van der Waals surface area contributed by atoms with Crippen LogP contribution in [-0.4, -0.2) is 17.4 Å². The van der Waals surface area contributed by atoms with Crippen LogP contribution >= 0.6 is 12.2 Å². The second kappa shape index (κ2) is 5.55. The maximum absolute atomic E-state index is 12.4. The summed E-state index contributed by atoms with van der Waals surface area (Å²) in [6.07, 6.45) is 7.59. The maximum Gasteiger partial charge on any atom is 0.233 e. The normalized spacial score (nSPS) is 24.3. The van der Waals surface area contributed by atoms with Gasteiger partial charge in [0.1, 0.15) is 0 Å². The SMILES string of the molecule is CC(CNC(=O)C1(C(N)=S)CCCCC1)C1CC1. The Hall–Kier alpha value is -0.640. The van der Waals surface area contributed by atoms with E-state index >= 15 is 0 Å². The second-order valence-corrected chi connectivity index (χ2v) is 6.47. The van der Waals surface area contributed by atoms with Crippen LogP contribution in [0.15, 0.2) is 0 Å². The fraction of sp³-hybridized carbons (Fsp3) is 0.857. The zero-order valence-corrected chi connectivity index (χ0v) is 12.0. The van der Waals surface area contributed by atoms with Crippen LogP contribution in [0.5, 0.6) is 0 Å². The van der Waals surface area contributed by atoms with E-state index in [1.54, 1.807) is 0 Å². The summed E-state index contributed by atoms with van der Waals surface area (Å²) in [5.74, 6) is 1.47. The van der Waals surface area contributed by atoms with Gasteiger partial charge in [0.2, 0.25) is 5.91 Å². The number of rotatable bonds is 5. The molecule has 0 aromatic carbocycles. The molecule has 3 N–H and O–H groups in total. The van der Waals surface area contributed by atoms with Crippen molar-refractivity contribution in [3.05, 3.63) is 0 Å². The molecule has 1 unspecified atom stereocenters. The Balaban J connectivity index is 1.92. The first-order valence-corrected chi connectivity index (χ1v) is 7.55. The number of carbonyl (C=O) groups excluding carboxylic acids is 1. The molecule has 0 aliphatic heterocycles. The zero-order chi connectivity index (χ0) is 13.2. The summed E-state index contributed by atoms with van der Waals surface area (Å²) in [5.41, 5.74) is 5.29. The van der Waals surface area contributed by atoms with Gasteiger partial charge < -0.3 is 11.1 Å². The first-order valence-electron chi connectivity index (χ1n) is 7.14. The molecule has 0 heterocycles. The predicted octanol–water partition coefficient (Wildman–Crippen LogP) is 2.39. The van der Waals surface area contributed by atoms with E-state index in [-0.39, 0.29) is 5.91 Å². The van der Waals surface area contributed by atoms with Crippen molar-refractivity contribution in [2.24, 2.45) is 23.0 Å². The highest BCUT2D eigenvalue weighted by molar-refractivity contribution is 7.80. The summed E-state index contributed by atoms with van der Waals surface area (Å²) >= 11 is 5.16. The number of nitrogens with one attached hydrogen (secondary N) is 1. The number of hydrogen-bond acceptors (Lipinski definition) is 2. The van der Waals surface area contributed by atoms with E-state index in [9.17, 15) is 4.79 Å². The summed E-state index contributed by atoms with van der Waals surface area (Å²) in [7, 11) is 0. The van der Waals surface area contributed by atoms with Crippen LogP contribution in [0, 0.1) is 17.3 Å². The molecule has 0 saturated heterocycles. The van der Waals surface area contributed by atoms with Crippen LogP contribution < -0.4 is 11.1 Å². The van der Waals surface area contributed by atoms with Gasteiger partial charge in [0.25, 0.3) is 0 Å². The van der Waals surface area contributed by atoms with Crippen molar-refractivity contribution in [2.75, 3.05) is 6.54 Å². The van der Waals surface area contributed by atoms with Crippen molar-refractivity contribution in [3.8, 4) is 0 Å². The Morgan fingerprint density at radius 3 is 2.50 bits per heavy atom. The molecule has 3 nitrogen and oxygen atoms in total. The lowest BCUT2D eigenvalue weighted by Gasteiger charge is -2.35. The highest BCUT2D eigenvalue weighted by Crippen LogP contribution is 2.38. The minimum absolute atomic E-state index is 0.0715. The molecule has 0 aromatic rings.